The topological polar surface area (TPSA) is 61.4 Å². The van der Waals surface area contributed by atoms with Crippen molar-refractivity contribution in [2.45, 2.75) is 31.7 Å². The lowest BCUT2D eigenvalue weighted by atomic mass is 9.89. The number of nitrogens with zero attached hydrogens (tertiary/aromatic N) is 3. The van der Waals surface area contributed by atoms with E-state index in [1.807, 2.05) is 0 Å². The standard InChI is InChI=1S/C18H37N5O2/c1-4-19-17(20-8-5-9-23-10-14-25-15-11-23)21-16-18(22(2)3)6-12-24-13-7-18/h4-16H2,1-3H3,(H2,19,20,21). The number of hydrogen-bond donors (Lipinski definition) is 2. The van der Waals surface area contributed by atoms with Crippen molar-refractivity contribution in [3.63, 3.8) is 0 Å². The fourth-order valence-electron chi connectivity index (χ4n) is 3.40. The lowest BCUT2D eigenvalue weighted by Crippen LogP contribution is -2.51. The van der Waals surface area contributed by atoms with E-state index in [2.05, 4.69) is 41.5 Å². The molecule has 0 atom stereocenters. The van der Waals surface area contributed by atoms with Crippen LogP contribution >= 0.6 is 0 Å². The predicted molar refractivity (Wildman–Crippen MR) is 102 cm³/mol. The minimum atomic E-state index is 0.119. The van der Waals surface area contributed by atoms with E-state index in [4.69, 9.17) is 14.5 Å². The van der Waals surface area contributed by atoms with Crippen LogP contribution in [0.4, 0.5) is 0 Å². The highest BCUT2D eigenvalue weighted by molar-refractivity contribution is 5.79. The molecule has 0 spiro atoms. The van der Waals surface area contributed by atoms with Crippen molar-refractivity contribution < 1.29 is 9.47 Å². The Morgan fingerprint density at radius 3 is 2.40 bits per heavy atom. The monoisotopic (exact) mass is 355 g/mol. The van der Waals surface area contributed by atoms with Crippen LogP contribution in [0, 0.1) is 0 Å². The molecule has 146 valence electrons. The summed E-state index contributed by atoms with van der Waals surface area (Å²) in [5, 5.41) is 6.86. The van der Waals surface area contributed by atoms with Gasteiger partial charge in [-0.15, -0.1) is 0 Å². The van der Waals surface area contributed by atoms with Crippen LogP contribution < -0.4 is 10.6 Å². The molecule has 0 bridgehead atoms. The summed E-state index contributed by atoms with van der Waals surface area (Å²) < 4.78 is 10.9. The second-order valence-electron chi connectivity index (χ2n) is 7.16. The van der Waals surface area contributed by atoms with Gasteiger partial charge in [0.1, 0.15) is 0 Å². The van der Waals surface area contributed by atoms with Crippen LogP contribution in [-0.4, -0.2) is 101 Å². The van der Waals surface area contributed by atoms with Crippen molar-refractivity contribution in [3.8, 4) is 0 Å². The minimum Gasteiger partial charge on any atom is -0.381 e. The zero-order valence-corrected chi connectivity index (χ0v) is 16.4. The van der Waals surface area contributed by atoms with Gasteiger partial charge in [0.25, 0.3) is 0 Å². The van der Waals surface area contributed by atoms with Crippen LogP contribution in [0.5, 0.6) is 0 Å². The van der Waals surface area contributed by atoms with E-state index in [0.717, 1.165) is 90.9 Å². The van der Waals surface area contributed by atoms with Gasteiger partial charge in [0.2, 0.25) is 0 Å². The molecule has 0 unspecified atom stereocenters. The van der Waals surface area contributed by atoms with Crippen LogP contribution in [0.3, 0.4) is 0 Å². The SMILES string of the molecule is CCNC(=NCC1(N(C)C)CCOCC1)NCCCN1CCOCC1. The Hall–Kier alpha value is -0.890. The molecule has 25 heavy (non-hydrogen) atoms. The van der Waals surface area contributed by atoms with E-state index in [-0.39, 0.29) is 5.54 Å². The zero-order chi connectivity index (χ0) is 18.0. The molecular weight excluding hydrogens is 318 g/mol. The number of rotatable bonds is 8. The van der Waals surface area contributed by atoms with Crippen LogP contribution in [0.25, 0.3) is 0 Å². The first-order valence-corrected chi connectivity index (χ1v) is 9.74. The summed E-state index contributed by atoms with van der Waals surface area (Å²) in [7, 11) is 4.31. The van der Waals surface area contributed by atoms with Gasteiger partial charge in [-0.3, -0.25) is 9.89 Å². The molecule has 2 fully saturated rings. The van der Waals surface area contributed by atoms with Crippen molar-refractivity contribution in [1.82, 2.24) is 20.4 Å². The van der Waals surface area contributed by atoms with Crippen LogP contribution in [0.15, 0.2) is 4.99 Å². The maximum absolute atomic E-state index is 5.55. The first-order chi connectivity index (χ1) is 12.2. The zero-order valence-electron chi connectivity index (χ0n) is 16.4. The maximum Gasteiger partial charge on any atom is 0.191 e. The average molecular weight is 356 g/mol. The van der Waals surface area contributed by atoms with Crippen molar-refractivity contribution in [3.05, 3.63) is 0 Å². The molecule has 2 heterocycles. The van der Waals surface area contributed by atoms with Gasteiger partial charge in [0.15, 0.2) is 5.96 Å². The summed E-state index contributed by atoms with van der Waals surface area (Å²) >= 11 is 0. The van der Waals surface area contributed by atoms with Gasteiger partial charge in [-0.25, -0.2) is 0 Å². The van der Waals surface area contributed by atoms with Crippen molar-refractivity contribution in [2.24, 2.45) is 4.99 Å². The Morgan fingerprint density at radius 1 is 1.08 bits per heavy atom. The number of likely N-dealkylation sites (N-methyl/N-ethyl adjacent to an activating group) is 1. The van der Waals surface area contributed by atoms with Gasteiger partial charge in [-0.1, -0.05) is 0 Å². The number of hydrogen-bond acceptors (Lipinski definition) is 5. The van der Waals surface area contributed by atoms with E-state index in [1.54, 1.807) is 0 Å². The van der Waals surface area contributed by atoms with Crippen LogP contribution in [0.2, 0.25) is 0 Å². The quantitative estimate of drug-likeness (QED) is 0.373. The van der Waals surface area contributed by atoms with E-state index in [9.17, 15) is 0 Å². The number of nitrogens with one attached hydrogen (secondary N) is 2. The van der Waals surface area contributed by atoms with Gasteiger partial charge in [-0.2, -0.15) is 0 Å². The number of guanidine groups is 1. The van der Waals surface area contributed by atoms with E-state index >= 15 is 0 Å². The van der Waals surface area contributed by atoms with Gasteiger partial charge in [-0.05, 0) is 46.8 Å². The average Bonchev–Trinajstić information content (AvgIpc) is 2.64. The number of ether oxygens (including phenoxy) is 2. The smallest absolute Gasteiger partial charge is 0.191 e. The third-order valence-electron chi connectivity index (χ3n) is 5.30. The molecule has 0 amide bonds. The third kappa shape index (κ3) is 6.73. The highest BCUT2D eigenvalue weighted by Crippen LogP contribution is 2.26. The molecule has 0 aromatic rings. The van der Waals surface area contributed by atoms with Gasteiger partial charge in [0, 0.05) is 44.9 Å². The highest BCUT2D eigenvalue weighted by atomic mass is 16.5. The Kier molecular flexibility index (Phi) is 8.95. The molecule has 2 aliphatic heterocycles. The minimum absolute atomic E-state index is 0.119. The molecule has 7 nitrogen and oxygen atoms in total. The number of aliphatic imine (C=N–C) groups is 1. The fourth-order valence-corrected chi connectivity index (χ4v) is 3.40. The third-order valence-corrected chi connectivity index (χ3v) is 5.30. The second-order valence-corrected chi connectivity index (χ2v) is 7.16. The molecule has 0 aromatic heterocycles. The molecule has 7 heteroatoms. The molecule has 2 aliphatic rings. The van der Waals surface area contributed by atoms with Crippen LogP contribution in [-0.2, 0) is 9.47 Å². The van der Waals surface area contributed by atoms with Gasteiger partial charge >= 0.3 is 0 Å². The first-order valence-electron chi connectivity index (χ1n) is 9.74. The molecule has 0 aliphatic carbocycles. The largest absolute Gasteiger partial charge is 0.381 e. The molecule has 0 aromatic carbocycles. The Balaban J connectivity index is 1.78. The predicted octanol–water partition coefficient (Wildman–Crippen LogP) is 0.375. The van der Waals surface area contributed by atoms with E-state index in [0.29, 0.717) is 0 Å². The molecule has 2 N–H and O–H groups in total. The summed E-state index contributed by atoms with van der Waals surface area (Å²) in [6, 6.07) is 0. The van der Waals surface area contributed by atoms with Crippen molar-refractivity contribution in [1.29, 1.82) is 0 Å². The number of morpholine rings is 1. The molecule has 2 saturated heterocycles. The Labute approximate surface area is 153 Å². The summed E-state index contributed by atoms with van der Waals surface area (Å²) in [5.74, 6) is 0.928. The van der Waals surface area contributed by atoms with E-state index in [1.165, 1.54) is 0 Å². The second kappa shape index (κ2) is 11.0. The Bertz CT molecular complexity index is 391. The lowest BCUT2D eigenvalue weighted by Gasteiger charge is -2.41. The molecule has 0 saturated carbocycles. The molecular formula is C18H37N5O2. The lowest BCUT2D eigenvalue weighted by molar-refractivity contribution is -0.00254. The van der Waals surface area contributed by atoms with Crippen molar-refractivity contribution >= 4 is 5.96 Å². The fraction of sp³-hybridized carbons (Fsp3) is 0.944. The maximum atomic E-state index is 5.55. The van der Waals surface area contributed by atoms with Crippen LogP contribution in [0.1, 0.15) is 26.2 Å². The first kappa shape index (κ1) is 20.4. The summed E-state index contributed by atoms with van der Waals surface area (Å²) in [6.45, 7) is 11.4. The summed E-state index contributed by atoms with van der Waals surface area (Å²) in [4.78, 5) is 9.67. The van der Waals surface area contributed by atoms with Gasteiger partial charge < -0.3 is 25.0 Å². The van der Waals surface area contributed by atoms with Gasteiger partial charge in [0.05, 0.1) is 19.8 Å². The van der Waals surface area contributed by atoms with Crippen molar-refractivity contribution in [2.75, 3.05) is 79.8 Å². The Morgan fingerprint density at radius 2 is 1.76 bits per heavy atom. The van der Waals surface area contributed by atoms with E-state index < -0.39 is 0 Å². The highest BCUT2D eigenvalue weighted by Gasteiger charge is 2.34. The summed E-state index contributed by atoms with van der Waals surface area (Å²) in [5.41, 5.74) is 0.119. The molecule has 0 radical (unpaired) electrons. The summed E-state index contributed by atoms with van der Waals surface area (Å²) in [6.07, 6.45) is 3.21. The normalized spacial score (nSPS) is 22.2. The molecule has 2 rings (SSSR count).